The number of aliphatic hydroxyl groups is 1. The van der Waals surface area contributed by atoms with Crippen LogP contribution in [-0.4, -0.2) is 75.4 Å². The quantitative estimate of drug-likeness (QED) is 0.283. The number of halogens is 2. The molecule has 3 N–H and O–H groups in total. The number of rotatable bonds is 9. The molecule has 0 aromatic heterocycles. The molecule has 11 nitrogen and oxygen atoms in total. The van der Waals surface area contributed by atoms with Gasteiger partial charge in [0.2, 0.25) is 21.9 Å². The summed E-state index contributed by atoms with van der Waals surface area (Å²) in [5.74, 6) is -0.777. The normalized spacial score (nSPS) is 19.2. The summed E-state index contributed by atoms with van der Waals surface area (Å²) in [6.07, 6.45) is 1.47. The molecule has 2 atom stereocenters. The van der Waals surface area contributed by atoms with Gasteiger partial charge in [0.05, 0.1) is 36.4 Å². The summed E-state index contributed by atoms with van der Waals surface area (Å²) in [6.45, 7) is 7.16. The number of carbonyl (C=O) groups excluding carboxylic acids is 1. The Morgan fingerprint density at radius 1 is 1.28 bits per heavy atom. The van der Waals surface area contributed by atoms with Crippen LogP contribution in [0.15, 0.2) is 56.3 Å². The molecular weight excluding hydrogens is 601 g/mol. The van der Waals surface area contributed by atoms with Crippen LogP contribution in [0.3, 0.4) is 0 Å². The lowest BCUT2D eigenvalue weighted by Gasteiger charge is -2.26. The standard InChI is InChI=1S/C29H35ClFN5O6S/c1-17(30)27(35-29(32-3)34-23-7-9-42-10-8-23)19-5-6-20-15-36(43(39,40)26(20)13-19)25(16-37)28(38)33-18(2)21-11-22(31)14-24(12-21)41-4/h5-6,11-14,18,23,25,37H,3,7-10,15-16H2,1-2,4H3,(H,33,38)(H,34,35)/b27-17+. The highest BCUT2D eigenvalue weighted by Gasteiger charge is 2.42. The predicted octanol–water partition coefficient (Wildman–Crippen LogP) is 3.33. The van der Waals surface area contributed by atoms with Crippen LogP contribution < -0.4 is 15.4 Å². The maximum atomic E-state index is 14.0. The van der Waals surface area contributed by atoms with Crippen molar-refractivity contribution in [1.29, 1.82) is 0 Å². The van der Waals surface area contributed by atoms with Crippen LogP contribution in [0.2, 0.25) is 0 Å². The molecule has 0 spiro atoms. The Balaban J connectivity index is 1.56. The minimum absolute atomic E-state index is 0.000175. The number of hydrogen-bond donors (Lipinski definition) is 3. The number of nitrogens with zero attached hydrogens (tertiary/aromatic N) is 3. The molecule has 14 heteroatoms. The van der Waals surface area contributed by atoms with Crippen molar-refractivity contribution < 1.29 is 32.2 Å². The van der Waals surface area contributed by atoms with Crippen molar-refractivity contribution in [3.8, 4) is 5.75 Å². The van der Waals surface area contributed by atoms with Gasteiger partial charge in [-0.25, -0.2) is 22.8 Å². The number of aliphatic imine (C=N–C) groups is 2. The highest BCUT2D eigenvalue weighted by Crippen LogP contribution is 2.35. The molecule has 2 aliphatic rings. The number of carbonyl (C=O) groups is 1. The number of amides is 1. The molecule has 1 fully saturated rings. The Kier molecular flexibility index (Phi) is 10.6. The number of nitrogens with one attached hydrogen (secondary N) is 2. The van der Waals surface area contributed by atoms with Crippen molar-refractivity contribution in [3.05, 3.63) is 63.9 Å². The average molecular weight is 636 g/mol. The predicted molar refractivity (Wildman–Crippen MR) is 162 cm³/mol. The monoisotopic (exact) mass is 635 g/mol. The highest BCUT2D eigenvalue weighted by atomic mass is 35.5. The van der Waals surface area contributed by atoms with Crippen molar-refractivity contribution in [2.45, 2.75) is 56.3 Å². The molecule has 2 aromatic rings. The number of aliphatic hydroxyl groups excluding tert-OH is 1. The summed E-state index contributed by atoms with van der Waals surface area (Å²) < 4.78 is 52.8. The Hall–Kier alpha value is -3.36. The van der Waals surface area contributed by atoms with Gasteiger partial charge in [-0.1, -0.05) is 23.7 Å². The fraction of sp³-hybridized carbons (Fsp3) is 0.414. The first-order valence-corrected chi connectivity index (χ1v) is 15.5. The third-order valence-electron chi connectivity index (χ3n) is 7.31. The Labute approximate surface area is 255 Å². The van der Waals surface area contributed by atoms with Crippen LogP contribution in [0, 0.1) is 5.82 Å². The lowest BCUT2D eigenvalue weighted by atomic mass is 10.1. The molecule has 0 aliphatic carbocycles. The van der Waals surface area contributed by atoms with Crippen molar-refractivity contribution in [1.82, 2.24) is 14.9 Å². The Morgan fingerprint density at radius 3 is 2.63 bits per heavy atom. The zero-order valence-corrected chi connectivity index (χ0v) is 25.7. The molecule has 0 bridgehead atoms. The van der Waals surface area contributed by atoms with E-state index < -0.39 is 40.4 Å². The van der Waals surface area contributed by atoms with Crippen LogP contribution >= 0.6 is 11.6 Å². The second-order valence-corrected chi connectivity index (χ2v) is 12.6. The summed E-state index contributed by atoms with van der Waals surface area (Å²) in [7, 11) is -2.81. The maximum Gasteiger partial charge on any atom is 0.244 e. The first kappa shape index (κ1) is 32.6. The topological polar surface area (TPSA) is 142 Å². The molecule has 0 radical (unpaired) electrons. The van der Waals surface area contributed by atoms with Crippen molar-refractivity contribution in [3.63, 3.8) is 0 Å². The van der Waals surface area contributed by atoms with E-state index in [-0.39, 0.29) is 29.2 Å². The summed E-state index contributed by atoms with van der Waals surface area (Å²) in [5, 5.41) is 16.2. The van der Waals surface area contributed by atoms with Crippen molar-refractivity contribution >= 4 is 45.9 Å². The zero-order chi connectivity index (χ0) is 31.3. The Morgan fingerprint density at radius 2 is 2.00 bits per heavy atom. The van der Waals surface area contributed by atoms with E-state index in [0.717, 1.165) is 17.1 Å². The first-order valence-electron chi connectivity index (χ1n) is 13.6. The van der Waals surface area contributed by atoms with Gasteiger partial charge in [-0.2, -0.15) is 4.31 Å². The van der Waals surface area contributed by atoms with E-state index in [9.17, 15) is 22.7 Å². The number of fused-ring (bicyclic) bond motifs is 1. The number of allylic oxidation sites excluding steroid dienone is 1. The van der Waals surface area contributed by atoms with Crippen LogP contribution in [0.25, 0.3) is 5.70 Å². The fourth-order valence-electron chi connectivity index (χ4n) is 4.96. The van der Waals surface area contributed by atoms with E-state index in [1.807, 2.05) is 0 Å². The van der Waals surface area contributed by atoms with Crippen LogP contribution in [0.5, 0.6) is 5.75 Å². The molecule has 2 aliphatic heterocycles. The lowest BCUT2D eigenvalue weighted by Crippen LogP contribution is -2.49. The molecule has 1 amide bonds. The molecule has 4 rings (SSSR count). The van der Waals surface area contributed by atoms with Gasteiger partial charge < -0.3 is 25.2 Å². The molecule has 2 unspecified atom stereocenters. The second-order valence-electron chi connectivity index (χ2n) is 10.2. The number of methoxy groups -OCH3 is 1. The summed E-state index contributed by atoms with van der Waals surface area (Å²) >= 11 is 6.42. The Bertz CT molecular complexity index is 1540. The third kappa shape index (κ3) is 7.42. The summed E-state index contributed by atoms with van der Waals surface area (Å²) in [5.41, 5.74) is 1.71. The number of benzene rings is 2. The fourth-order valence-corrected chi connectivity index (χ4v) is 6.91. The van der Waals surface area contributed by atoms with Gasteiger partial charge >= 0.3 is 0 Å². The van der Waals surface area contributed by atoms with Gasteiger partial charge in [-0.15, -0.1) is 0 Å². The maximum absolute atomic E-state index is 14.0. The third-order valence-corrected chi connectivity index (χ3v) is 9.43. The van der Waals surface area contributed by atoms with Crippen LogP contribution in [0.4, 0.5) is 4.39 Å². The van der Waals surface area contributed by atoms with Crippen LogP contribution in [0.1, 0.15) is 49.4 Å². The molecule has 43 heavy (non-hydrogen) atoms. The second kappa shape index (κ2) is 14.0. The van der Waals surface area contributed by atoms with Gasteiger partial charge in [0.25, 0.3) is 0 Å². The van der Waals surface area contributed by atoms with Gasteiger partial charge in [-0.05, 0) is 62.7 Å². The summed E-state index contributed by atoms with van der Waals surface area (Å²) in [4.78, 5) is 21.8. The van der Waals surface area contributed by atoms with E-state index in [2.05, 4.69) is 27.3 Å². The van der Waals surface area contributed by atoms with E-state index in [0.29, 0.717) is 40.6 Å². The number of hydrogen-bond acceptors (Lipinski definition) is 7. The number of sulfonamides is 1. The van der Waals surface area contributed by atoms with E-state index in [4.69, 9.17) is 21.1 Å². The summed E-state index contributed by atoms with van der Waals surface area (Å²) in [6, 6.07) is 6.67. The minimum Gasteiger partial charge on any atom is -0.497 e. The molecule has 2 heterocycles. The van der Waals surface area contributed by atoms with Gasteiger partial charge in [0.1, 0.15) is 17.6 Å². The van der Waals surface area contributed by atoms with Gasteiger partial charge in [-0.3, -0.25) is 4.79 Å². The van der Waals surface area contributed by atoms with E-state index >= 15 is 0 Å². The molecule has 1 saturated heterocycles. The molecule has 232 valence electrons. The van der Waals surface area contributed by atoms with Crippen molar-refractivity contribution in [2.24, 2.45) is 9.98 Å². The van der Waals surface area contributed by atoms with Crippen LogP contribution in [-0.2, 0) is 26.1 Å². The molecule has 0 saturated carbocycles. The zero-order valence-electron chi connectivity index (χ0n) is 24.1. The molecule has 2 aromatic carbocycles. The largest absolute Gasteiger partial charge is 0.497 e. The van der Waals surface area contributed by atoms with Gasteiger partial charge in [0.15, 0.2) is 0 Å². The smallest absolute Gasteiger partial charge is 0.244 e. The highest BCUT2D eigenvalue weighted by molar-refractivity contribution is 7.89. The first-order chi connectivity index (χ1) is 20.5. The van der Waals surface area contributed by atoms with Gasteiger partial charge in [0, 0.05) is 36.4 Å². The number of ether oxygens (including phenoxy) is 2. The molecular formula is C29H35ClFN5O6S. The number of guanidine groups is 1. The van der Waals surface area contributed by atoms with Crippen molar-refractivity contribution in [2.75, 3.05) is 26.9 Å². The minimum atomic E-state index is -4.20. The van der Waals surface area contributed by atoms with E-state index in [1.165, 1.54) is 25.3 Å². The van der Waals surface area contributed by atoms with E-state index in [1.54, 1.807) is 32.0 Å². The average Bonchev–Trinajstić information content (AvgIpc) is 3.24. The lowest BCUT2D eigenvalue weighted by molar-refractivity contribution is -0.126. The SMILES string of the molecule is C=NC(=NC1CCOCC1)N/C(=C(\C)Cl)c1ccc2c(c1)S(=O)(=O)N(C(CO)C(=O)NC(C)c1cc(F)cc(OC)c1)C2.